The minimum atomic E-state index is -0.171. The van der Waals surface area contributed by atoms with Gasteiger partial charge in [0.25, 0.3) is 5.91 Å². The van der Waals surface area contributed by atoms with Crippen LogP contribution < -0.4 is 16.2 Å². The molecule has 2 rings (SSSR count). The number of rotatable bonds is 5. The van der Waals surface area contributed by atoms with Crippen LogP contribution in [0.15, 0.2) is 11.4 Å². The van der Waals surface area contributed by atoms with E-state index in [1.54, 1.807) is 11.3 Å². The van der Waals surface area contributed by atoms with E-state index in [2.05, 4.69) is 23.1 Å². The minimum absolute atomic E-state index is 0.171. The Morgan fingerprint density at radius 2 is 2.38 bits per heavy atom. The van der Waals surface area contributed by atoms with Crippen LogP contribution in [0.25, 0.3) is 0 Å². The number of hydrazine groups is 1. The van der Waals surface area contributed by atoms with E-state index in [4.69, 9.17) is 17.0 Å². The van der Waals surface area contributed by atoms with Gasteiger partial charge < -0.3 is 10.1 Å². The van der Waals surface area contributed by atoms with Crippen molar-refractivity contribution in [2.75, 3.05) is 13.2 Å². The van der Waals surface area contributed by atoms with Crippen molar-refractivity contribution in [1.29, 1.82) is 0 Å². The summed E-state index contributed by atoms with van der Waals surface area (Å²) in [6.07, 6.45) is 4.46. The van der Waals surface area contributed by atoms with Crippen LogP contribution in [-0.2, 0) is 11.2 Å². The summed E-state index contributed by atoms with van der Waals surface area (Å²) in [5.41, 5.74) is 5.98. The van der Waals surface area contributed by atoms with Gasteiger partial charge in [0, 0.05) is 23.4 Å². The van der Waals surface area contributed by atoms with Gasteiger partial charge >= 0.3 is 0 Å². The summed E-state index contributed by atoms with van der Waals surface area (Å²) in [5, 5.41) is 5.31. The summed E-state index contributed by atoms with van der Waals surface area (Å²) in [6, 6.07) is 1.92. The molecule has 116 valence electrons. The van der Waals surface area contributed by atoms with Crippen molar-refractivity contribution < 1.29 is 9.53 Å². The first kappa shape index (κ1) is 16.2. The summed E-state index contributed by atoms with van der Waals surface area (Å²) >= 11 is 6.72. The summed E-state index contributed by atoms with van der Waals surface area (Å²) < 4.78 is 5.49. The van der Waals surface area contributed by atoms with E-state index in [0.717, 1.165) is 32.3 Å². The first-order chi connectivity index (χ1) is 10.2. The van der Waals surface area contributed by atoms with Gasteiger partial charge in [0.15, 0.2) is 5.11 Å². The van der Waals surface area contributed by atoms with Crippen LogP contribution in [0, 0.1) is 0 Å². The Labute approximate surface area is 134 Å². The van der Waals surface area contributed by atoms with Gasteiger partial charge in [-0.05, 0) is 37.5 Å². The topological polar surface area (TPSA) is 62.4 Å². The molecule has 1 fully saturated rings. The molecule has 1 amide bonds. The average molecular weight is 327 g/mol. The Hall–Kier alpha value is -1.18. The molecule has 0 radical (unpaired) electrons. The molecule has 3 N–H and O–H groups in total. The number of hydrogen-bond acceptors (Lipinski definition) is 4. The number of aryl methyl sites for hydroxylation is 1. The molecule has 1 aromatic rings. The highest BCUT2D eigenvalue weighted by molar-refractivity contribution is 7.80. The van der Waals surface area contributed by atoms with E-state index in [-0.39, 0.29) is 12.0 Å². The zero-order valence-electron chi connectivity index (χ0n) is 12.1. The second kappa shape index (κ2) is 8.31. The molecule has 2 heterocycles. The van der Waals surface area contributed by atoms with Crippen LogP contribution in [0.4, 0.5) is 0 Å². The molecule has 21 heavy (non-hydrogen) atoms. The molecule has 5 nitrogen and oxygen atoms in total. The molecule has 0 bridgehead atoms. The molecular formula is C14H21N3O2S2. The number of carbonyl (C=O) groups is 1. The highest BCUT2D eigenvalue weighted by Crippen LogP contribution is 2.16. The molecule has 0 unspecified atom stereocenters. The molecule has 0 saturated carbocycles. The predicted octanol–water partition coefficient (Wildman–Crippen LogP) is 1.99. The molecule has 1 aliphatic rings. The number of nitrogens with one attached hydrogen (secondary N) is 3. The fourth-order valence-corrected chi connectivity index (χ4v) is 3.22. The number of amides is 1. The molecule has 1 atom stereocenters. The van der Waals surface area contributed by atoms with E-state index in [0.29, 0.717) is 17.2 Å². The summed E-state index contributed by atoms with van der Waals surface area (Å²) in [6.45, 7) is 3.61. The van der Waals surface area contributed by atoms with Gasteiger partial charge in [-0.25, -0.2) is 0 Å². The second-order valence-corrected chi connectivity index (χ2v) is 6.38. The molecule has 0 aliphatic carbocycles. The summed E-state index contributed by atoms with van der Waals surface area (Å²) in [5.74, 6) is -0.171. The first-order valence-corrected chi connectivity index (χ1v) is 8.51. The highest BCUT2D eigenvalue weighted by Gasteiger charge is 2.15. The van der Waals surface area contributed by atoms with Gasteiger partial charge in [0.1, 0.15) is 0 Å². The van der Waals surface area contributed by atoms with E-state index in [1.165, 1.54) is 4.88 Å². The standard InChI is InChI=1S/C14H21N3O2S2/c1-2-4-12-7-10(9-21-12)13(18)16-17-14(20)15-8-11-5-3-6-19-11/h7,9,11H,2-6,8H2,1H3,(H,16,18)(H2,15,17,20)/t11-/m0/s1. The second-order valence-electron chi connectivity index (χ2n) is 4.98. The Morgan fingerprint density at radius 1 is 1.52 bits per heavy atom. The lowest BCUT2D eigenvalue weighted by Gasteiger charge is -2.14. The van der Waals surface area contributed by atoms with Gasteiger partial charge in [0.05, 0.1) is 11.7 Å². The lowest BCUT2D eigenvalue weighted by molar-refractivity contribution is 0.0943. The minimum Gasteiger partial charge on any atom is -0.376 e. The lowest BCUT2D eigenvalue weighted by Crippen LogP contribution is -2.48. The molecule has 0 aromatic carbocycles. The van der Waals surface area contributed by atoms with Crippen LogP contribution in [0.3, 0.4) is 0 Å². The van der Waals surface area contributed by atoms with E-state index in [9.17, 15) is 4.79 Å². The fraction of sp³-hybridized carbons (Fsp3) is 0.571. The van der Waals surface area contributed by atoms with Crippen molar-refractivity contribution in [3.63, 3.8) is 0 Å². The molecular weight excluding hydrogens is 306 g/mol. The molecule has 1 aliphatic heterocycles. The third kappa shape index (κ3) is 5.26. The van der Waals surface area contributed by atoms with Gasteiger partial charge in [-0.2, -0.15) is 0 Å². The Morgan fingerprint density at radius 3 is 3.10 bits per heavy atom. The average Bonchev–Trinajstić information content (AvgIpc) is 3.14. The number of thiophene rings is 1. The van der Waals surface area contributed by atoms with E-state index in [1.807, 2.05) is 11.4 Å². The van der Waals surface area contributed by atoms with Crippen molar-refractivity contribution in [3.8, 4) is 0 Å². The van der Waals surface area contributed by atoms with Crippen LogP contribution >= 0.6 is 23.6 Å². The third-order valence-electron chi connectivity index (χ3n) is 3.22. The van der Waals surface area contributed by atoms with Gasteiger partial charge in [0.2, 0.25) is 0 Å². The lowest BCUT2D eigenvalue weighted by atomic mass is 10.2. The fourth-order valence-electron chi connectivity index (χ4n) is 2.12. The Bertz CT molecular complexity index is 484. The molecule has 0 spiro atoms. The zero-order valence-corrected chi connectivity index (χ0v) is 13.7. The van der Waals surface area contributed by atoms with E-state index < -0.39 is 0 Å². The third-order valence-corrected chi connectivity index (χ3v) is 4.46. The normalized spacial score (nSPS) is 17.5. The van der Waals surface area contributed by atoms with Crippen molar-refractivity contribution in [2.24, 2.45) is 0 Å². The Kier molecular flexibility index (Phi) is 6.41. The number of thiocarbonyl (C=S) groups is 1. The number of hydrogen-bond donors (Lipinski definition) is 3. The van der Waals surface area contributed by atoms with Crippen molar-refractivity contribution in [2.45, 2.75) is 38.7 Å². The molecule has 7 heteroatoms. The maximum Gasteiger partial charge on any atom is 0.270 e. The van der Waals surface area contributed by atoms with E-state index >= 15 is 0 Å². The number of ether oxygens (including phenoxy) is 1. The zero-order chi connectivity index (χ0) is 15.1. The summed E-state index contributed by atoms with van der Waals surface area (Å²) in [4.78, 5) is 13.2. The smallest absolute Gasteiger partial charge is 0.270 e. The maximum absolute atomic E-state index is 11.9. The van der Waals surface area contributed by atoms with Gasteiger partial charge in [-0.15, -0.1) is 11.3 Å². The van der Waals surface area contributed by atoms with Crippen molar-refractivity contribution in [3.05, 3.63) is 21.9 Å². The molecule has 1 saturated heterocycles. The van der Waals surface area contributed by atoms with Crippen LogP contribution in [-0.4, -0.2) is 30.3 Å². The largest absolute Gasteiger partial charge is 0.376 e. The number of carbonyl (C=O) groups excluding carboxylic acids is 1. The Balaban J connectivity index is 1.68. The highest BCUT2D eigenvalue weighted by atomic mass is 32.1. The summed E-state index contributed by atoms with van der Waals surface area (Å²) in [7, 11) is 0. The predicted molar refractivity (Wildman–Crippen MR) is 88.5 cm³/mol. The van der Waals surface area contributed by atoms with Crippen LogP contribution in [0.1, 0.15) is 41.4 Å². The van der Waals surface area contributed by atoms with Crippen LogP contribution in [0.2, 0.25) is 0 Å². The quantitative estimate of drug-likeness (QED) is 0.570. The van der Waals surface area contributed by atoms with Gasteiger partial charge in [-0.3, -0.25) is 15.6 Å². The first-order valence-electron chi connectivity index (χ1n) is 7.22. The molecule has 1 aromatic heterocycles. The van der Waals surface area contributed by atoms with Crippen LogP contribution in [0.5, 0.6) is 0 Å². The van der Waals surface area contributed by atoms with Crippen molar-refractivity contribution in [1.82, 2.24) is 16.2 Å². The van der Waals surface area contributed by atoms with Crippen molar-refractivity contribution >= 4 is 34.6 Å². The van der Waals surface area contributed by atoms with Gasteiger partial charge in [-0.1, -0.05) is 13.3 Å². The monoisotopic (exact) mass is 327 g/mol. The maximum atomic E-state index is 11.9. The SMILES string of the molecule is CCCc1cc(C(=O)NNC(=S)NC[C@@H]2CCCO2)cs1.